The van der Waals surface area contributed by atoms with Gasteiger partial charge in [0.15, 0.2) is 0 Å². The van der Waals surface area contributed by atoms with Gasteiger partial charge in [0, 0.05) is 24.8 Å². The van der Waals surface area contributed by atoms with Gasteiger partial charge in [-0.05, 0) is 32.4 Å². The second-order valence-corrected chi connectivity index (χ2v) is 4.99. The minimum absolute atomic E-state index is 0.161. The standard InChI is InChI=1S/C15H22N2O2/c1-4-19-15(18)12(3)17-10-11(2)16-9-13-7-5-6-8-14(13)17/h5-8,11-12,16H,4,9-10H2,1-3H3. The Morgan fingerprint density at radius 1 is 1.53 bits per heavy atom. The second-order valence-electron chi connectivity index (χ2n) is 4.99. The predicted molar refractivity (Wildman–Crippen MR) is 76.2 cm³/mol. The van der Waals surface area contributed by atoms with E-state index in [0.717, 1.165) is 18.8 Å². The number of nitrogens with one attached hydrogen (secondary N) is 1. The van der Waals surface area contributed by atoms with Gasteiger partial charge >= 0.3 is 5.97 Å². The molecule has 2 atom stereocenters. The third-order valence-electron chi connectivity index (χ3n) is 3.51. The molecule has 1 N–H and O–H groups in total. The van der Waals surface area contributed by atoms with Crippen LogP contribution in [0.1, 0.15) is 26.3 Å². The summed E-state index contributed by atoms with van der Waals surface area (Å²) in [5.41, 5.74) is 2.35. The first-order chi connectivity index (χ1) is 9.13. The maximum Gasteiger partial charge on any atom is 0.328 e. The van der Waals surface area contributed by atoms with E-state index in [4.69, 9.17) is 4.74 Å². The zero-order chi connectivity index (χ0) is 13.8. The van der Waals surface area contributed by atoms with Crippen molar-refractivity contribution in [2.24, 2.45) is 0 Å². The summed E-state index contributed by atoms with van der Waals surface area (Å²) in [4.78, 5) is 14.1. The molecular formula is C15H22N2O2. The Morgan fingerprint density at radius 2 is 2.26 bits per heavy atom. The predicted octanol–water partition coefficient (Wildman–Crippen LogP) is 1.94. The Labute approximate surface area is 114 Å². The van der Waals surface area contributed by atoms with Gasteiger partial charge in [0.25, 0.3) is 0 Å². The topological polar surface area (TPSA) is 41.6 Å². The number of hydrogen-bond donors (Lipinski definition) is 1. The van der Waals surface area contributed by atoms with E-state index in [0.29, 0.717) is 12.6 Å². The first-order valence-electron chi connectivity index (χ1n) is 6.88. The molecule has 0 bridgehead atoms. The Morgan fingerprint density at radius 3 is 3.00 bits per heavy atom. The first kappa shape index (κ1) is 13.9. The quantitative estimate of drug-likeness (QED) is 0.845. The molecule has 1 aromatic carbocycles. The van der Waals surface area contributed by atoms with Crippen LogP contribution in [0.25, 0.3) is 0 Å². The molecule has 1 aliphatic rings. The van der Waals surface area contributed by atoms with E-state index >= 15 is 0 Å². The Balaban J connectivity index is 2.29. The van der Waals surface area contributed by atoms with Crippen molar-refractivity contribution in [1.29, 1.82) is 0 Å². The highest BCUT2D eigenvalue weighted by atomic mass is 16.5. The number of fused-ring (bicyclic) bond motifs is 1. The number of hydrogen-bond acceptors (Lipinski definition) is 4. The van der Waals surface area contributed by atoms with Crippen molar-refractivity contribution in [3.63, 3.8) is 0 Å². The highest BCUT2D eigenvalue weighted by Gasteiger charge is 2.27. The molecule has 1 aliphatic heterocycles. The van der Waals surface area contributed by atoms with Crippen LogP contribution in [0.5, 0.6) is 0 Å². The Hall–Kier alpha value is -1.55. The fourth-order valence-electron chi connectivity index (χ4n) is 2.44. The summed E-state index contributed by atoms with van der Waals surface area (Å²) in [6.07, 6.45) is 0. The molecule has 1 aromatic rings. The third kappa shape index (κ3) is 3.07. The van der Waals surface area contributed by atoms with Gasteiger partial charge in [0.2, 0.25) is 0 Å². The zero-order valence-corrected chi connectivity index (χ0v) is 11.8. The van der Waals surface area contributed by atoms with Crippen molar-refractivity contribution in [3.05, 3.63) is 29.8 Å². The number of rotatable bonds is 3. The number of carbonyl (C=O) groups is 1. The lowest BCUT2D eigenvalue weighted by Gasteiger charge is -2.31. The lowest BCUT2D eigenvalue weighted by Crippen LogP contribution is -2.45. The molecule has 2 unspecified atom stereocenters. The Kier molecular flexibility index (Phi) is 4.43. The summed E-state index contributed by atoms with van der Waals surface area (Å²) in [5, 5.41) is 3.46. The van der Waals surface area contributed by atoms with Gasteiger partial charge in [-0.25, -0.2) is 4.79 Å². The molecular weight excluding hydrogens is 240 g/mol. The van der Waals surface area contributed by atoms with Crippen molar-refractivity contribution in [2.75, 3.05) is 18.1 Å². The number of anilines is 1. The van der Waals surface area contributed by atoms with Gasteiger partial charge in [-0.3, -0.25) is 0 Å². The van der Waals surface area contributed by atoms with Crippen LogP contribution in [0.15, 0.2) is 24.3 Å². The van der Waals surface area contributed by atoms with Crippen molar-refractivity contribution >= 4 is 11.7 Å². The van der Waals surface area contributed by atoms with E-state index < -0.39 is 0 Å². The van der Waals surface area contributed by atoms with Crippen molar-refractivity contribution in [3.8, 4) is 0 Å². The molecule has 104 valence electrons. The molecule has 0 saturated carbocycles. The van der Waals surface area contributed by atoms with Crippen molar-refractivity contribution < 1.29 is 9.53 Å². The largest absolute Gasteiger partial charge is 0.464 e. The van der Waals surface area contributed by atoms with Gasteiger partial charge < -0.3 is 15.0 Å². The summed E-state index contributed by atoms with van der Waals surface area (Å²) in [7, 11) is 0. The molecule has 1 heterocycles. The van der Waals surface area contributed by atoms with Gasteiger partial charge in [0.1, 0.15) is 6.04 Å². The summed E-state index contributed by atoms with van der Waals surface area (Å²) in [5.74, 6) is -0.161. The molecule has 2 rings (SSSR count). The number of para-hydroxylation sites is 1. The maximum atomic E-state index is 12.0. The molecule has 0 aliphatic carbocycles. The minimum Gasteiger partial charge on any atom is -0.464 e. The van der Waals surface area contributed by atoms with E-state index in [2.05, 4.69) is 29.3 Å². The molecule has 0 fully saturated rings. The molecule has 0 aromatic heterocycles. The fourth-order valence-corrected chi connectivity index (χ4v) is 2.44. The van der Waals surface area contributed by atoms with E-state index in [9.17, 15) is 4.79 Å². The summed E-state index contributed by atoms with van der Waals surface area (Å²) in [6, 6.07) is 8.30. The van der Waals surface area contributed by atoms with E-state index in [1.807, 2.05) is 26.0 Å². The van der Waals surface area contributed by atoms with Crippen LogP contribution >= 0.6 is 0 Å². The van der Waals surface area contributed by atoms with E-state index in [-0.39, 0.29) is 12.0 Å². The average Bonchev–Trinajstić information content (AvgIpc) is 2.58. The van der Waals surface area contributed by atoms with Gasteiger partial charge in [-0.2, -0.15) is 0 Å². The maximum absolute atomic E-state index is 12.0. The zero-order valence-electron chi connectivity index (χ0n) is 11.8. The number of ether oxygens (including phenoxy) is 1. The highest BCUT2D eigenvalue weighted by Crippen LogP contribution is 2.25. The van der Waals surface area contributed by atoms with Gasteiger partial charge in [-0.15, -0.1) is 0 Å². The lowest BCUT2D eigenvalue weighted by molar-refractivity contribution is -0.144. The van der Waals surface area contributed by atoms with Gasteiger partial charge in [-0.1, -0.05) is 18.2 Å². The van der Waals surface area contributed by atoms with Crippen LogP contribution < -0.4 is 10.2 Å². The molecule has 0 spiro atoms. The van der Waals surface area contributed by atoms with Crippen LogP contribution in [0, 0.1) is 0 Å². The number of nitrogens with zero attached hydrogens (tertiary/aromatic N) is 1. The molecule has 19 heavy (non-hydrogen) atoms. The van der Waals surface area contributed by atoms with Crippen molar-refractivity contribution in [1.82, 2.24) is 5.32 Å². The number of carbonyl (C=O) groups excluding carboxylic acids is 1. The molecule has 0 amide bonds. The molecule has 4 heteroatoms. The normalized spacial score (nSPS) is 20.4. The van der Waals surface area contributed by atoms with Crippen LogP contribution in [0.4, 0.5) is 5.69 Å². The first-order valence-corrected chi connectivity index (χ1v) is 6.88. The van der Waals surface area contributed by atoms with E-state index in [1.165, 1.54) is 5.56 Å². The summed E-state index contributed by atoms with van der Waals surface area (Å²) >= 11 is 0. The average molecular weight is 262 g/mol. The SMILES string of the molecule is CCOC(=O)C(C)N1CC(C)NCc2ccccc21. The van der Waals surface area contributed by atoms with Crippen LogP contribution in [0.3, 0.4) is 0 Å². The minimum atomic E-state index is -0.261. The van der Waals surface area contributed by atoms with E-state index in [1.54, 1.807) is 0 Å². The number of esters is 1. The fraction of sp³-hybridized carbons (Fsp3) is 0.533. The highest BCUT2D eigenvalue weighted by molar-refractivity contribution is 5.80. The van der Waals surface area contributed by atoms with Crippen LogP contribution in [-0.4, -0.2) is 31.2 Å². The second kappa shape index (κ2) is 6.06. The molecule has 0 saturated heterocycles. The van der Waals surface area contributed by atoms with Crippen LogP contribution in [0.2, 0.25) is 0 Å². The smallest absolute Gasteiger partial charge is 0.328 e. The number of benzene rings is 1. The van der Waals surface area contributed by atoms with Crippen LogP contribution in [-0.2, 0) is 16.1 Å². The monoisotopic (exact) mass is 262 g/mol. The van der Waals surface area contributed by atoms with Crippen molar-refractivity contribution in [2.45, 2.75) is 39.4 Å². The summed E-state index contributed by atoms with van der Waals surface area (Å²) in [6.45, 7) is 7.95. The third-order valence-corrected chi connectivity index (χ3v) is 3.51. The van der Waals surface area contributed by atoms with Gasteiger partial charge in [0.05, 0.1) is 6.61 Å². The summed E-state index contributed by atoms with van der Waals surface area (Å²) < 4.78 is 5.15. The Bertz CT molecular complexity index is 448. The molecule has 4 nitrogen and oxygen atoms in total. The molecule has 0 radical (unpaired) electrons. The lowest BCUT2D eigenvalue weighted by atomic mass is 10.1.